The third-order valence-corrected chi connectivity index (χ3v) is 4.35. The molecule has 4 heteroatoms. The van der Waals surface area contributed by atoms with Crippen molar-refractivity contribution < 1.29 is 4.79 Å². The van der Waals surface area contributed by atoms with Crippen molar-refractivity contribution in [2.24, 2.45) is 0 Å². The van der Waals surface area contributed by atoms with Gasteiger partial charge in [0.2, 0.25) is 5.91 Å². The second kappa shape index (κ2) is 6.59. The first kappa shape index (κ1) is 15.3. The van der Waals surface area contributed by atoms with Gasteiger partial charge < -0.3 is 4.90 Å². The van der Waals surface area contributed by atoms with E-state index in [1.54, 1.807) is 0 Å². The predicted octanol–water partition coefficient (Wildman–Crippen LogP) is 2.65. The molecule has 2 heterocycles. The summed E-state index contributed by atoms with van der Waals surface area (Å²) in [6, 6.07) is 8.89. The third kappa shape index (κ3) is 2.84. The Kier molecular flexibility index (Phi) is 5.06. The quantitative estimate of drug-likeness (QED) is 0.856. The zero-order valence-corrected chi connectivity index (χ0v) is 12.9. The summed E-state index contributed by atoms with van der Waals surface area (Å²) in [4.78, 5) is 16.7. The van der Waals surface area contributed by atoms with E-state index in [9.17, 15) is 4.79 Å². The van der Waals surface area contributed by atoms with Gasteiger partial charge in [-0.15, -0.1) is 12.4 Å². The van der Waals surface area contributed by atoms with E-state index in [-0.39, 0.29) is 18.4 Å². The molecule has 1 fully saturated rings. The number of unbranched alkanes of at least 4 members (excludes halogenated alkanes) is 1. The van der Waals surface area contributed by atoms with Gasteiger partial charge in [-0.2, -0.15) is 0 Å². The summed E-state index contributed by atoms with van der Waals surface area (Å²) < 4.78 is 0. The molecule has 0 bridgehead atoms. The first-order chi connectivity index (χ1) is 9.29. The van der Waals surface area contributed by atoms with Crippen LogP contribution in [0.1, 0.15) is 36.9 Å². The highest BCUT2D eigenvalue weighted by Crippen LogP contribution is 2.32. The van der Waals surface area contributed by atoms with Crippen molar-refractivity contribution in [3.63, 3.8) is 0 Å². The predicted molar refractivity (Wildman–Crippen MR) is 83.2 cm³/mol. The molecule has 1 saturated heterocycles. The number of carbonyl (C=O) groups excluding carboxylic acids is 1. The Morgan fingerprint density at radius 2 is 2.10 bits per heavy atom. The van der Waals surface area contributed by atoms with Crippen LogP contribution in [0.25, 0.3) is 0 Å². The molecular formula is C16H23ClN2O. The van der Waals surface area contributed by atoms with E-state index in [4.69, 9.17) is 0 Å². The van der Waals surface area contributed by atoms with Crippen molar-refractivity contribution in [3.8, 4) is 0 Å². The minimum atomic E-state index is 0. The van der Waals surface area contributed by atoms with Crippen molar-refractivity contribution >= 4 is 18.3 Å². The van der Waals surface area contributed by atoms with Gasteiger partial charge in [0.25, 0.3) is 0 Å². The molecule has 1 amide bonds. The Balaban J connectivity index is 0.00000147. The van der Waals surface area contributed by atoms with Gasteiger partial charge in [0.15, 0.2) is 0 Å². The normalized spacial score (nSPS) is 21.9. The molecule has 110 valence electrons. The molecule has 3 nitrogen and oxygen atoms in total. The minimum Gasteiger partial charge on any atom is -0.333 e. The van der Waals surface area contributed by atoms with E-state index >= 15 is 0 Å². The van der Waals surface area contributed by atoms with E-state index in [0.29, 0.717) is 12.5 Å². The first-order valence-corrected chi connectivity index (χ1v) is 7.39. The molecule has 1 aromatic rings. The van der Waals surface area contributed by atoms with Crippen molar-refractivity contribution in [2.45, 2.75) is 32.2 Å². The fourth-order valence-corrected chi connectivity index (χ4v) is 3.29. The lowest BCUT2D eigenvalue weighted by Gasteiger charge is -2.44. The molecule has 20 heavy (non-hydrogen) atoms. The average Bonchev–Trinajstić information content (AvgIpc) is 2.45. The summed E-state index contributed by atoms with van der Waals surface area (Å²) in [5.41, 5.74) is 2.79. The van der Waals surface area contributed by atoms with Crippen LogP contribution in [0, 0.1) is 0 Å². The third-order valence-electron chi connectivity index (χ3n) is 4.35. The van der Waals surface area contributed by atoms with E-state index in [1.807, 2.05) is 0 Å². The molecular weight excluding hydrogens is 272 g/mol. The zero-order valence-electron chi connectivity index (χ0n) is 12.0. The van der Waals surface area contributed by atoms with Gasteiger partial charge >= 0.3 is 0 Å². The standard InChI is InChI=1S/C16H22N2O.ClH/c1-2-3-9-17-11-15-14-7-5-4-6-13(14)8-10-18(15)16(19)12-17;/h4-7,15H,2-3,8-12H2,1H3;1H. The molecule has 0 N–H and O–H groups in total. The number of hydrogen-bond donors (Lipinski definition) is 0. The monoisotopic (exact) mass is 294 g/mol. The summed E-state index contributed by atoms with van der Waals surface area (Å²) >= 11 is 0. The number of nitrogens with zero attached hydrogens (tertiary/aromatic N) is 2. The van der Waals surface area contributed by atoms with Gasteiger partial charge in [0.05, 0.1) is 12.6 Å². The fraction of sp³-hybridized carbons (Fsp3) is 0.562. The number of piperazine rings is 1. The van der Waals surface area contributed by atoms with Crippen LogP contribution < -0.4 is 0 Å². The molecule has 0 saturated carbocycles. The SMILES string of the molecule is CCCCN1CC(=O)N2CCc3ccccc3C2C1.Cl. The Labute approximate surface area is 127 Å². The number of amides is 1. The zero-order chi connectivity index (χ0) is 13.2. The van der Waals surface area contributed by atoms with Gasteiger partial charge in [-0.05, 0) is 30.5 Å². The second-order valence-corrected chi connectivity index (χ2v) is 5.64. The molecule has 0 aromatic heterocycles. The van der Waals surface area contributed by atoms with Crippen LogP contribution in [-0.2, 0) is 11.2 Å². The largest absolute Gasteiger partial charge is 0.333 e. The molecule has 0 spiro atoms. The lowest BCUT2D eigenvalue weighted by molar-refractivity contribution is -0.140. The number of rotatable bonds is 3. The molecule has 2 aliphatic rings. The molecule has 1 unspecified atom stereocenters. The highest BCUT2D eigenvalue weighted by molar-refractivity contribution is 5.85. The van der Waals surface area contributed by atoms with Crippen LogP contribution in [-0.4, -0.2) is 41.9 Å². The van der Waals surface area contributed by atoms with Crippen molar-refractivity contribution in [2.75, 3.05) is 26.2 Å². The summed E-state index contributed by atoms with van der Waals surface area (Å²) in [6.45, 7) is 5.76. The summed E-state index contributed by atoms with van der Waals surface area (Å²) in [5, 5.41) is 0. The molecule has 0 aliphatic carbocycles. The van der Waals surface area contributed by atoms with Gasteiger partial charge in [-0.3, -0.25) is 9.69 Å². The average molecular weight is 295 g/mol. The van der Waals surface area contributed by atoms with Gasteiger partial charge in [-0.1, -0.05) is 37.6 Å². The summed E-state index contributed by atoms with van der Waals surface area (Å²) in [5.74, 6) is 0.307. The maximum absolute atomic E-state index is 12.3. The van der Waals surface area contributed by atoms with Crippen LogP contribution in [0.2, 0.25) is 0 Å². The summed E-state index contributed by atoms with van der Waals surface area (Å²) in [7, 11) is 0. The van der Waals surface area contributed by atoms with E-state index in [0.717, 1.165) is 26.1 Å². The summed E-state index contributed by atoms with van der Waals surface area (Å²) in [6.07, 6.45) is 3.38. The van der Waals surface area contributed by atoms with Crippen LogP contribution in [0.5, 0.6) is 0 Å². The number of fused-ring (bicyclic) bond motifs is 3. The molecule has 0 radical (unpaired) electrons. The smallest absolute Gasteiger partial charge is 0.237 e. The number of benzene rings is 1. The Morgan fingerprint density at radius 3 is 2.90 bits per heavy atom. The van der Waals surface area contributed by atoms with E-state index in [2.05, 4.69) is 41.0 Å². The Morgan fingerprint density at radius 1 is 1.30 bits per heavy atom. The lowest BCUT2D eigenvalue weighted by atomic mass is 9.90. The first-order valence-electron chi connectivity index (χ1n) is 7.39. The number of hydrogen-bond acceptors (Lipinski definition) is 2. The van der Waals surface area contributed by atoms with E-state index < -0.39 is 0 Å². The van der Waals surface area contributed by atoms with Crippen molar-refractivity contribution in [1.82, 2.24) is 9.80 Å². The van der Waals surface area contributed by atoms with Crippen LogP contribution in [0.4, 0.5) is 0 Å². The highest BCUT2D eigenvalue weighted by atomic mass is 35.5. The topological polar surface area (TPSA) is 23.6 Å². The molecule has 3 rings (SSSR count). The lowest BCUT2D eigenvalue weighted by Crippen LogP contribution is -2.54. The van der Waals surface area contributed by atoms with Gasteiger partial charge in [0, 0.05) is 13.1 Å². The minimum absolute atomic E-state index is 0. The number of carbonyl (C=O) groups is 1. The number of halogens is 1. The van der Waals surface area contributed by atoms with Crippen molar-refractivity contribution in [3.05, 3.63) is 35.4 Å². The molecule has 2 aliphatic heterocycles. The van der Waals surface area contributed by atoms with Crippen LogP contribution in [0.3, 0.4) is 0 Å². The Bertz CT molecular complexity index is 477. The van der Waals surface area contributed by atoms with Crippen LogP contribution >= 0.6 is 12.4 Å². The van der Waals surface area contributed by atoms with Crippen molar-refractivity contribution in [1.29, 1.82) is 0 Å². The van der Waals surface area contributed by atoms with Gasteiger partial charge in [-0.25, -0.2) is 0 Å². The maximum Gasteiger partial charge on any atom is 0.237 e. The maximum atomic E-state index is 12.3. The molecule has 1 atom stereocenters. The Hall–Kier alpha value is -1.06. The molecule has 1 aromatic carbocycles. The fourth-order valence-electron chi connectivity index (χ4n) is 3.29. The highest BCUT2D eigenvalue weighted by Gasteiger charge is 2.36. The van der Waals surface area contributed by atoms with Gasteiger partial charge in [0.1, 0.15) is 0 Å². The second-order valence-electron chi connectivity index (χ2n) is 5.64. The van der Waals surface area contributed by atoms with Crippen LogP contribution in [0.15, 0.2) is 24.3 Å². The van der Waals surface area contributed by atoms with E-state index in [1.165, 1.54) is 24.0 Å².